The number of likely N-dealkylation sites (tertiary alicyclic amines) is 1. The second-order valence-electron chi connectivity index (χ2n) is 5.58. The summed E-state index contributed by atoms with van der Waals surface area (Å²) in [6.45, 7) is 3.64. The lowest BCUT2D eigenvalue weighted by molar-refractivity contribution is -0.131. The molecule has 4 nitrogen and oxygen atoms in total. The maximum atomic E-state index is 12.0. The summed E-state index contributed by atoms with van der Waals surface area (Å²) >= 11 is 0. The molecule has 1 amide bonds. The molecule has 2 fully saturated rings. The Morgan fingerprint density at radius 1 is 1.39 bits per heavy atom. The van der Waals surface area contributed by atoms with Gasteiger partial charge in [-0.05, 0) is 45.2 Å². The number of hydrogen-bond acceptors (Lipinski definition) is 3. The van der Waals surface area contributed by atoms with Gasteiger partial charge in [0.05, 0.1) is 6.54 Å². The second kappa shape index (κ2) is 7.31. The van der Waals surface area contributed by atoms with Crippen LogP contribution in [0.3, 0.4) is 0 Å². The van der Waals surface area contributed by atoms with E-state index < -0.39 is 0 Å². The number of nitrogens with zero attached hydrogens (tertiary/aromatic N) is 2. The van der Waals surface area contributed by atoms with E-state index >= 15 is 0 Å². The normalized spacial score (nSPS) is 24.4. The van der Waals surface area contributed by atoms with Crippen LogP contribution in [0, 0.1) is 5.92 Å². The van der Waals surface area contributed by atoms with Gasteiger partial charge in [-0.1, -0.05) is 0 Å². The van der Waals surface area contributed by atoms with Crippen LogP contribution in [0.1, 0.15) is 25.7 Å². The summed E-state index contributed by atoms with van der Waals surface area (Å²) in [4.78, 5) is 16.2. The Balaban J connectivity index is 0.00000162. The van der Waals surface area contributed by atoms with Crippen LogP contribution in [0.4, 0.5) is 0 Å². The predicted octanol–water partition coefficient (Wildman–Crippen LogP) is 0.960. The first-order chi connectivity index (χ1) is 8.19. The van der Waals surface area contributed by atoms with E-state index in [0.717, 1.165) is 25.6 Å². The van der Waals surface area contributed by atoms with Gasteiger partial charge in [-0.15, -0.1) is 12.4 Å². The van der Waals surface area contributed by atoms with E-state index in [2.05, 4.69) is 10.2 Å². The Kier molecular flexibility index (Phi) is 6.39. The SMILES string of the molecule is CNC1CCCN(CC(=O)N(C)CC2CC2)C1.Cl. The number of likely N-dealkylation sites (N-methyl/N-ethyl adjacent to an activating group) is 2. The minimum Gasteiger partial charge on any atom is -0.344 e. The molecule has 0 aromatic carbocycles. The first kappa shape index (κ1) is 15.7. The fraction of sp³-hybridized carbons (Fsp3) is 0.923. The molecule has 0 spiro atoms. The van der Waals surface area contributed by atoms with Crippen LogP contribution in [0.5, 0.6) is 0 Å². The fourth-order valence-electron chi connectivity index (χ4n) is 2.54. The summed E-state index contributed by atoms with van der Waals surface area (Å²) in [5, 5.41) is 3.31. The number of nitrogens with one attached hydrogen (secondary N) is 1. The molecule has 1 saturated heterocycles. The Morgan fingerprint density at radius 3 is 2.72 bits per heavy atom. The van der Waals surface area contributed by atoms with Gasteiger partial charge in [0.25, 0.3) is 0 Å². The molecule has 0 bridgehead atoms. The summed E-state index contributed by atoms with van der Waals surface area (Å²) in [5.74, 6) is 1.07. The summed E-state index contributed by atoms with van der Waals surface area (Å²) in [5.41, 5.74) is 0. The molecule has 1 aliphatic carbocycles. The summed E-state index contributed by atoms with van der Waals surface area (Å²) in [6.07, 6.45) is 5.05. The number of halogens is 1. The summed E-state index contributed by atoms with van der Waals surface area (Å²) in [7, 11) is 3.95. The third-order valence-electron chi connectivity index (χ3n) is 3.93. The monoisotopic (exact) mass is 275 g/mol. The van der Waals surface area contributed by atoms with Crippen molar-refractivity contribution in [1.29, 1.82) is 0 Å². The van der Waals surface area contributed by atoms with Crippen molar-refractivity contribution >= 4 is 18.3 Å². The molecule has 0 aromatic rings. The lowest BCUT2D eigenvalue weighted by Crippen LogP contribution is -2.48. The summed E-state index contributed by atoms with van der Waals surface area (Å²) < 4.78 is 0. The van der Waals surface area contributed by atoms with Crippen molar-refractivity contribution in [3.63, 3.8) is 0 Å². The molecule has 1 unspecified atom stereocenters. The zero-order valence-corrected chi connectivity index (χ0v) is 12.3. The van der Waals surface area contributed by atoms with Crippen molar-refractivity contribution in [3.05, 3.63) is 0 Å². The topological polar surface area (TPSA) is 35.6 Å². The van der Waals surface area contributed by atoms with Crippen LogP contribution >= 0.6 is 12.4 Å². The van der Waals surface area contributed by atoms with E-state index in [1.165, 1.54) is 25.7 Å². The number of carbonyl (C=O) groups is 1. The van der Waals surface area contributed by atoms with Crippen LogP contribution in [-0.2, 0) is 4.79 Å². The average molecular weight is 276 g/mol. The molecular formula is C13H26ClN3O. The number of carbonyl (C=O) groups excluding carboxylic acids is 1. The van der Waals surface area contributed by atoms with Gasteiger partial charge in [0, 0.05) is 26.2 Å². The first-order valence-electron chi connectivity index (χ1n) is 6.82. The third-order valence-corrected chi connectivity index (χ3v) is 3.93. The minimum absolute atomic E-state index is 0. The predicted molar refractivity (Wildman–Crippen MR) is 76.1 cm³/mol. The zero-order valence-electron chi connectivity index (χ0n) is 11.5. The van der Waals surface area contributed by atoms with Gasteiger partial charge in [0.15, 0.2) is 0 Å². The Labute approximate surface area is 116 Å². The van der Waals surface area contributed by atoms with Gasteiger partial charge in [-0.3, -0.25) is 9.69 Å². The standard InChI is InChI=1S/C13H25N3O.ClH/c1-14-12-4-3-7-16(9-12)10-13(17)15(2)8-11-5-6-11;/h11-12,14H,3-10H2,1-2H3;1H. The van der Waals surface area contributed by atoms with Crippen molar-refractivity contribution < 1.29 is 4.79 Å². The lowest BCUT2D eigenvalue weighted by atomic mass is 10.1. The maximum absolute atomic E-state index is 12.0. The molecule has 0 radical (unpaired) electrons. The molecule has 5 heteroatoms. The second-order valence-corrected chi connectivity index (χ2v) is 5.58. The molecule has 0 aromatic heterocycles. The first-order valence-corrected chi connectivity index (χ1v) is 6.82. The van der Waals surface area contributed by atoms with E-state index in [1.54, 1.807) is 0 Å². The molecule has 2 aliphatic rings. The molecular weight excluding hydrogens is 250 g/mol. The van der Waals surface area contributed by atoms with Crippen LogP contribution < -0.4 is 5.32 Å². The van der Waals surface area contributed by atoms with Gasteiger partial charge in [-0.25, -0.2) is 0 Å². The van der Waals surface area contributed by atoms with Gasteiger partial charge >= 0.3 is 0 Å². The molecule has 1 saturated carbocycles. The van der Waals surface area contributed by atoms with E-state index in [9.17, 15) is 4.79 Å². The van der Waals surface area contributed by atoms with E-state index in [1.807, 2.05) is 19.0 Å². The Hall–Kier alpha value is -0.320. The van der Waals surface area contributed by atoms with Gasteiger partial charge in [0.2, 0.25) is 5.91 Å². The largest absolute Gasteiger partial charge is 0.344 e. The smallest absolute Gasteiger partial charge is 0.236 e. The van der Waals surface area contributed by atoms with E-state index in [4.69, 9.17) is 0 Å². The van der Waals surface area contributed by atoms with Gasteiger partial charge in [0.1, 0.15) is 0 Å². The molecule has 1 heterocycles. The van der Waals surface area contributed by atoms with Crippen molar-refractivity contribution in [2.75, 3.05) is 40.3 Å². The number of hydrogen-bond donors (Lipinski definition) is 1. The Bertz CT molecular complexity index is 271. The molecule has 1 N–H and O–H groups in total. The van der Waals surface area contributed by atoms with Gasteiger partial charge in [-0.2, -0.15) is 0 Å². The average Bonchev–Trinajstić information content (AvgIpc) is 3.13. The lowest BCUT2D eigenvalue weighted by Gasteiger charge is -2.33. The highest BCUT2D eigenvalue weighted by atomic mass is 35.5. The van der Waals surface area contributed by atoms with Crippen molar-refractivity contribution in [2.24, 2.45) is 5.92 Å². The third kappa shape index (κ3) is 4.75. The number of piperidine rings is 1. The van der Waals surface area contributed by atoms with Crippen molar-refractivity contribution in [3.8, 4) is 0 Å². The molecule has 18 heavy (non-hydrogen) atoms. The van der Waals surface area contributed by atoms with Crippen LogP contribution in [0.2, 0.25) is 0 Å². The van der Waals surface area contributed by atoms with Gasteiger partial charge < -0.3 is 10.2 Å². The highest BCUT2D eigenvalue weighted by Crippen LogP contribution is 2.29. The Morgan fingerprint density at radius 2 is 2.11 bits per heavy atom. The van der Waals surface area contributed by atoms with E-state index in [0.29, 0.717) is 12.6 Å². The minimum atomic E-state index is 0. The molecule has 2 rings (SSSR count). The number of amides is 1. The molecule has 1 aliphatic heterocycles. The zero-order chi connectivity index (χ0) is 12.3. The quantitative estimate of drug-likeness (QED) is 0.812. The fourth-order valence-corrected chi connectivity index (χ4v) is 2.54. The van der Waals surface area contributed by atoms with Crippen LogP contribution in [0.25, 0.3) is 0 Å². The van der Waals surface area contributed by atoms with Crippen molar-refractivity contribution in [2.45, 2.75) is 31.7 Å². The van der Waals surface area contributed by atoms with Crippen LogP contribution in [0.15, 0.2) is 0 Å². The van der Waals surface area contributed by atoms with E-state index in [-0.39, 0.29) is 18.3 Å². The highest BCUT2D eigenvalue weighted by Gasteiger charge is 2.26. The molecule has 1 atom stereocenters. The maximum Gasteiger partial charge on any atom is 0.236 e. The summed E-state index contributed by atoms with van der Waals surface area (Å²) in [6, 6.07) is 0.560. The number of rotatable bonds is 5. The highest BCUT2D eigenvalue weighted by molar-refractivity contribution is 5.85. The van der Waals surface area contributed by atoms with Crippen LogP contribution in [-0.4, -0.2) is 62.0 Å². The molecule has 106 valence electrons. The van der Waals surface area contributed by atoms with Crippen molar-refractivity contribution in [1.82, 2.24) is 15.1 Å².